The Morgan fingerprint density at radius 1 is 1.15 bits per heavy atom. The van der Waals surface area contributed by atoms with Gasteiger partial charge in [-0.05, 0) is 26.3 Å². The molecule has 2 unspecified atom stereocenters. The van der Waals surface area contributed by atoms with Gasteiger partial charge in [0.2, 0.25) is 0 Å². The third-order valence-corrected chi connectivity index (χ3v) is 2.96. The zero-order valence-corrected chi connectivity index (χ0v) is 9.88. The molecule has 0 bridgehead atoms. The molecule has 2 N–H and O–H groups in total. The summed E-state index contributed by atoms with van der Waals surface area (Å²) in [5, 5.41) is 0. The zero-order valence-electron chi connectivity index (χ0n) is 9.88. The number of nitrogens with two attached hydrogens (primary N) is 1. The van der Waals surface area contributed by atoms with Gasteiger partial charge in [0, 0.05) is 18.6 Å². The maximum absolute atomic E-state index is 6.10. The predicted molar refractivity (Wildman–Crippen MR) is 59.8 cm³/mol. The number of likely N-dealkylation sites (N-methyl/N-ethyl adjacent to an activating group) is 1. The van der Waals surface area contributed by atoms with Crippen molar-refractivity contribution in [3.05, 3.63) is 0 Å². The average Bonchev–Trinajstić information content (AvgIpc) is 2.11. The number of rotatable bonds is 6. The lowest BCUT2D eigenvalue weighted by molar-refractivity contribution is 0.200. The van der Waals surface area contributed by atoms with Gasteiger partial charge in [-0.2, -0.15) is 0 Å². The van der Waals surface area contributed by atoms with Gasteiger partial charge in [-0.3, -0.25) is 4.90 Å². The molecule has 0 aliphatic rings. The highest BCUT2D eigenvalue weighted by Crippen LogP contribution is 2.08. The van der Waals surface area contributed by atoms with Crippen molar-refractivity contribution < 1.29 is 0 Å². The molecule has 0 fully saturated rings. The first-order valence-corrected chi connectivity index (χ1v) is 5.52. The standard InChI is InChI=1S/C11H26N2/c1-6-10(5)11(12)8-13(7-2)9(3)4/h9-11H,6-8,12H2,1-5H3. The SMILES string of the molecule is CCC(C)C(N)CN(CC)C(C)C. The van der Waals surface area contributed by atoms with E-state index in [-0.39, 0.29) is 0 Å². The summed E-state index contributed by atoms with van der Waals surface area (Å²) in [6.07, 6.45) is 1.18. The van der Waals surface area contributed by atoms with E-state index >= 15 is 0 Å². The molecule has 0 aromatic heterocycles. The van der Waals surface area contributed by atoms with Crippen molar-refractivity contribution in [1.82, 2.24) is 4.90 Å². The molecule has 0 saturated heterocycles. The summed E-state index contributed by atoms with van der Waals surface area (Å²) >= 11 is 0. The van der Waals surface area contributed by atoms with E-state index in [0.717, 1.165) is 13.1 Å². The van der Waals surface area contributed by atoms with Gasteiger partial charge in [-0.15, -0.1) is 0 Å². The van der Waals surface area contributed by atoms with Gasteiger partial charge in [0.1, 0.15) is 0 Å². The van der Waals surface area contributed by atoms with Gasteiger partial charge in [0.05, 0.1) is 0 Å². The summed E-state index contributed by atoms with van der Waals surface area (Å²) in [6, 6.07) is 0.937. The summed E-state index contributed by atoms with van der Waals surface area (Å²) in [5.41, 5.74) is 6.10. The molecule has 0 saturated carbocycles. The Labute approximate surface area is 83.5 Å². The quantitative estimate of drug-likeness (QED) is 0.688. The number of hydrogen-bond donors (Lipinski definition) is 1. The molecule has 0 aliphatic carbocycles. The van der Waals surface area contributed by atoms with Crippen LogP contribution in [0.15, 0.2) is 0 Å². The molecule has 80 valence electrons. The Balaban J connectivity index is 3.93. The third kappa shape index (κ3) is 4.63. The summed E-state index contributed by atoms with van der Waals surface area (Å²) in [7, 11) is 0. The lowest BCUT2D eigenvalue weighted by Crippen LogP contribution is -2.44. The highest BCUT2D eigenvalue weighted by Gasteiger charge is 2.15. The summed E-state index contributed by atoms with van der Waals surface area (Å²) < 4.78 is 0. The van der Waals surface area contributed by atoms with Gasteiger partial charge in [-0.25, -0.2) is 0 Å². The molecular weight excluding hydrogens is 160 g/mol. The van der Waals surface area contributed by atoms with Crippen LogP contribution in [-0.2, 0) is 0 Å². The van der Waals surface area contributed by atoms with Gasteiger partial charge in [0.15, 0.2) is 0 Å². The van der Waals surface area contributed by atoms with Gasteiger partial charge in [-0.1, -0.05) is 27.2 Å². The topological polar surface area (TPSA) is 29.3 Å². The predicted octanol–water partition coefficient (Wildman–Crippen LogP) is 2.09. The molecule has 13 heavy (non-hydrogen) atoms. The smallest absolute Gasteiger partial charge is 0.0193 e. The molecule has 2 nitrogen and oxygen atoms in total. The van der Waals surface area contributed by atoms with E-state index in [2.05, 4.69) is 39.5 Å². The van der Waals surface area contributed by atoms with Crippen LogP contribution < -0.4 is 5.73 Å². The minimum absolute atomic E-state index is 0.326. The largest absolute Gasteiger partial charge is 0.326 e. The Kier molecular flexibility index (Phi) is 6.35. The number of nitrogens with zero attached hydrogens (tertiary/aromatic N) is 1. The van der Waals surface area contributed by atoms with E-state index in [0.29, 0.717) is 18.0 Å². The molecule has 0 aliphatic heterocycles. The molecule has 0 amide bonds. The fourth-order valence-corrected chi connectivity index (χ4v) is 1.46. The van der Waals surface area contributed by atoms with Gasteiger partial charge in [0.25, 0.3) is 0 Å². The lowest BCUT2D eigenvalue weighted by Gasteiger charge is -2.30. The van der Waals surface area contributed by atoms with E-state index in [9.17, 15) is 0 Å². The Morgan fingerprint density at radius 3 is 2.00 bits per heavy atom. The molecule has 0 rings (SSSR count). The van der Waals surface area contributed by atoms with E-state index in [4.69, 9.17) is 5.73 Å². The first kappa shape index (κ1) is 12.9. The minimum Gasteiger partial charge on any atom is -0.326 e. The molecule has 2 atom stereocenters. The van der Waals surface area contributed by atoms with Crippen molar-refractivity contribution >= 4 is 0 Å². The van der Waals surface area contributed by atoms with Crippen LogP contribution in [0.25, 0.3) is 0 Å². The van der Waals surface area contributed by atoms with E-state index in [1.54, 1.807) is 0 Å². The fraction of sp³-hybridized carbons (Fsp3) is 1.00. The van der Waals surface area contributed by atoms with Crippen LogP contribution in [0.3, 0.4) is 0 Å². The van der Waals surface area contributed by atoms with Gasteiger partial charge >= 0.3 is 0 Å². The van der Waals surface area contributed by atoms with Crippen LogP contribution in [0.1, 0.15) is 41.0 Å². The highest BCUT2D eigenvalue weighted by molar-refractivity contribution is 4.74. The van der Waals surface area contributed by atoms with Crippen LogP contribution in [0.2, 0.25) is 0 Å². The molecule has 0 aromatic rings. The summed E-state index contributed by atoms with van der Waals surface area (Å²) in [6.45, 7) is 13.2. The second-order valence-electron chi connectivity index (χ2n) is 4.23. The normalized spacial score (nSPS) is 16.6. The van der Waals surface area contributed by atoms with E-state index < -0.39 is 0 Å². The maximum Gasteiger partial charge on any atom is 0.0193 e. The Morgan fingerprint density at radius 2 is 1.69 bits per heavy atom. The number of hydrogen-bond acceptors (Lipinski definition) is 2. The molecule has 0 spiro atoms. The Hall–Kier alpha value is -0.0800. The monoisotopic (exact) mass is 186 g/mol. The van der Waals surface area contributed by atoms with Crippen molar-refractivity contribution in [2.45, 2.75) is 53.1 Å². The Bertz CT molecular complexity index is 123. The first-order valence-electron chi connectivity index (χ1n) is 5.52. The summed E-state index contributed by atoms with van der Waals surface area (Å²) in [5.74, 6) is 0.632. The van der Waals surface area contributed by atoms with Crippen molar-refractivity contribution in [3.8, 4) is 0 Å². The van der Waals surface area contributed by atoms with Crippen LogP contribution in [0.4, 0.5) is 0 Å². The zero-order chi connectivity index (χ0) is 10.4. The second-order valence-corrected chi connectivity index (χ2v) is 4.23. The fourth-order valence-electron chi connectivity index (χ4n) is 1.46. The van der Waals surface area contributed by atoms with Crippen molar-refractivity contribution in [3.63, 3.8) is 0 Å². The molecular formula is C11H26N2. The van der Waals surface area contributed by atoms with Crippen molar-refractivity contribution in [2.24, 2.45) is 11.7 Å². The van der Waals surface area contributed by atoms with Crippen LogP contribution >= 0.6 is 0 Å². The maximum atomic E-state index is 6.10. The summed E-state index contributed by atoms with van der Waals surface area (Å²) in [4.78, 5) is 2.43. The molecule has 0 radical (unpaired) electrons. The van der Waals surface area contributed by atoms with E-state index in [1.807, 2.05) is 0 Å². The van der Waals surface area contributed by atoms with Crippen molar-refractivity contribution in [2.75, 3.05) is 13.1 Å². The molecule has 2 heteroatoms. The van der Waals surface area contributed by atoms with Crippen LogP contribution in [-0.4, -0.2) is 30.1 Å². The molecule has 0 heterocycles. The van der Waals surface area contributed by atoms with Crippen molar-refractivity contribution in [1.29, 1.82) is 0 Å². The van der Waals surface area contributed by atoms with E-state index in [1.165, 1.54) is 6.42 Å². The minimum atomic E-state index is 0.326. The lowest BCUT2D eigenvalue weighted by atomic mass is 9.99. The van der Waals surface area contributed by atoms with Gasteiger partial charge < -0.3 is 5.73 Å². The third-order valence-electron chi connectivity index (χ3n) is 2.96. The first-order chi connectivity index (χ1) is 6.02. The van der Waals surface area contributed by atoms with Crippen LogP contribution in [0, 0.1) is 5.92 Å². The molecule has 0 aromatic carbocycles. The highest BCUT2D eigenvalue weighted by atomic mass is 15.2. The van der Waals surface area contributed by atoms with Crippen LogP contribution in [0.5, 0.6) is 0 Å². The second kappa shape index (κ2) is 6.39. The average molecular weight is 186 g/mol.